The number of allylic oxidation sites excluding steroid dienone is 4. The summed E-state index contributed by atoms with van der Waals surface area (Å²) in [6, 6.07) is 26.0. The maximum absolute atomic E-state index is 12.7. The van der Waals surface area contributed by atoms with E-state index in [1.54, 1.807) is 24.3 Å². The van der Waals surface area contributed by atoms with Crippen LogP contribution in [0.3, 0.4) is 0 Å². The van der Waals surface area contributed by atoms with Gasteiger partial charge in [-0.05, 0) is 124 Å². The predicted octanol–water partition coefficient (Wildman–Crippen LogP) is 9.06. The summed E-state index contributed by atoms with van der Waals surface area (Å²) in [4.78, 5) is 25.4. The number of hydrogen-bond donors (Lipinski definition) is 2. The number of aromatic hydroxyl groups is 2. The van der Waals surface area contributed by atoms with Crippen molar-refractivity contribution in [3.8, 4) is 11.5 Å². The third kappa shape index (κ3) is 6.61. The zero-order chi connectivity index (χ0) is 30.1. The van der Waals surface area contributed by atoms with Crippen molar-refractivity contribution in [2.24, 2.45) is 0 Å². The van der Waals surface area contributed by atoms with Crippen LogP contribution in [-0.2, 0) is 16.0 Å². The van der Waals surface area contributed by atoms with Gasteiger partial charge in [0, 0.05) is 22.9 Å². The Morgan fingerprint density at radius 1 is 0.558 bits per heavy atom. The highest BCUT2D eigenvalue weighted by molar-refractivity contribution is 6.30. The van der Waals surface area contributed by atoms with Gasteiger partial charge in [0.25, 0.3) is 0 Å². The first-order valence-electron chi connectivity index (χ1n) is 14.3. The van der Waals surface area contributed by atoms with E-state index >= 15 is 0 Å². The summed E-state index contributed by atoms with van der Waals surface area (Å²) in [6.07, 6.45) is 5.89. The fraction of sp³-hybridized carbons (Fsp3) is 0.189. The Bertz CT molecular complexity index is 1640. The Morgan fingerprint density at radius 3 is 1.35 bits per heavy atom. The minimum absolute atomic E-state index is 0.0308. The highest BCUT2D eigenvalue weighted by atomic mass is 35.5. The van der Waals surface area contributed by atoms with Gasteiger partial charge in [0.05, 0.1) is 0 Å². The van der Waals surface area contributed by atoms with Gasteiger partial charge in [0.2, 0.25) is 0 Å². The molecule has 4 nitrogen and oxygen atoms in total. The lowest BCUT2D eigenvalue weighted by Gasteiger charge is -2.25. The summed E-state index contributed by atoms with van der Waals surface area (Å²) in [7, 11) is 0. The van der Waals surface area contributed by atoms with Crippen molar-refractivity contribution < 1.29 is 19.8 Å². The summed E-state index contributed by atoms with van der Waals surface area (Å²) < 4.78 is 0. The number of ketones is 2. The molecule has 2 N–H and O–H groups in total. The van der Waals surface area contributed by atoms with Crippen LogP contribution in [0.5, 0.6) is 11.5 Å². The summed E-state index contributed by atoms with van der Waals surface area (Å²) in [5, 5.41) is 22.9. The number of halogens is 2. The fourth-order valence-corrected chi connectivity index (χ4v) is 6.52. The van der Waals surface area contributed by atoms with Crippen LogP contribution in [0.25, 0.3) is 11.1 Å². The summed E-state index contributed by atoms with van der Waals surface area (Å²) in [5.41, 5.74) is 7.23. The summed E-state index contributed by atoms with van der Waals surface area (Å²) in [5.74, 6) is 0.112. The van der Waals surface area contributed by atoms with Gasteiger partial charge in [-0.1, -0.05) is 71.7 Å². The number of hydrogen-bond acceptors (Lipinski definition) is 4. The number of rotatable bonds is 6. The summed E-state index contributed by atoms with van der Waals surface area (Å²) >= 11 is 12.1. The van der Waals surface area contributed by atoms with E-state index in [0.29, 0.717) is 42.1 Å². The minimum Gasteiger partial charge on any atom is -0.508 e. The van der Waals surface area contributed by atoms with E-state index in [1.165, 1.54) is 0 Å². The van der Waals surface area contributed by atoms with Gasteiger partial charge < -0.3 is 10.2 Å². The van der Waals surface area contributed by atoms with E-state index in [4.69, 9.17) is 23.2 Å². The van der Waals surface area contributed by atoms with E-state index in [1.807, 2.05) is 72.8 Å². The van der Waals surface area contributed by atoms with E-state index < -0.39 is 0 Å². The van der Waals surface area contributed by atoms with Crippen LogP contribution in [0, 0.1) is 0 Å². The van der Waals surface area contributed by atoms with Crippen molar-refractivity contribution in [3.63, 3.8) is 0 Å². The third-order valence-electron chi connectivity index (χ3n) is 8.40. The molecule has 0 bridgehead atoms. The average molecular weight is 610 g/mol. The number of carbonyl (C=O) groups excluding carboxylic acids is 2. The Hall–Kier alpha value is -4.12. The maximum Gasteiger partial charge on any atom is 0.156 e. The zero-order valence-corrected chi connectivity index (χ0v) is 24.9. The molecule has 2 atom stereocenters. The molecule has 0 aromatic heterocycles. The molecule has 0 saturated carbocycles. The Kier molecular flexibility index (Phi) is 8.25. The number of phenolic OH excluding ortho intramolecular Hbond substituents is 2. The van der Waals surface area contributed by atoms with Gasteiger partial charge in [-0.25, -0.2) is 0 Å². The summed E-state index contributed by atoms with van der Waals surface area (Å²) in [6.45, 7) is 0. The minimum atomic E-state index is -0.148. The van der Waals surface area contributed by atoms with Crippen LogP contribution in [0.1, 0.15) is 70.9 Å². The largest absolute Gasteiger partial charge is 0.508 e. The molecule has 0 radical (unpaired) electrons. The second-order valence-electron chi connectivity index (χ2n) is 11.5. The monoisotopic (exact) mass is 608 g/mol. The van der Waals surface area contributed by atoms with E-state index in [-0.39, 0.29) is 34.9 Å². The SMILES string of the molecule is O=C1C=C(c2ccc(Cl)cc2)CC(c2cc(Cc3ccc(O)c(C4CC(=O)C=C(c5ccc(Cl)cc5)C4)c3)ccc2O)C1. The molecule has 0 heterocycles. The molecule has 6 rings (SSSR count). The second-order valence-corrected chi connectivity index (χ2v) is 12.3. The molecule has 0 fully saturated rings. The van der Waals surface area contributed by atoms with Gasteiger partial charge in [-0.2, -0.15) is 0 Å². The van der Waals surface area contributed by atoms with Gasteiger partial charge in [-0.3, -0.25) is 9.59 Å². The molecule has 4 aromatic carbocycles. The smallest absolute Gasteiger partial charge is 0.156 e. The molecular formula is C37H30Cl2O4. The Morgan fingerprint density at radius 2 is 0.953 bits per heavy atom. The highest BCUT2D eigenvalue weighted by Crippen LogP contribution is 2.42. The predicted molar refractivity (Wildman–Crippen MR) is 172 cm³/mol. The molecule has 0 aliphatic heterocycles. The Labute approximate surface area is 260 Å². The molecule has 4 aromatic rings. The van der Waals surface area contributed by atoms with Gasteiger partial charge in [-0.15, -0.1) is 0 Å². The molecule has 0 spiro atoms. The zero-order valence-electron chi connectivity index (χ0n) is 23.4. The van der Waals surface area contributed by atoms with Crippen LogP contribution in [0.15, 0.2) is 97.1 Å². The van der Waals surface area contributed by atoms with Gasteiger partial charge in [0.1, 0.15) is 11.5 Å². The quantitative estimate of drug-likeness (QED) is 0.229. The van der Waals surface area contributed by atoms with Crippen LogP contribution in [0.2, 0.25) is 10.0 Å². The molecule has 216 valence electrons. The lowest BCUT2D eigenvalue weighted by atomic mass is 9.79. The molecule has 2 aliphatic carbocycles. The molecule has 43 heavy (non-hydrogen) atoms. The maximum atomic E-state index is 12.7. The number of carbonyl (C=O) groups is 2. The molecule has 6 heteroatoms. The first-order chi connectivity index (χ1) is 20.7. The van der Waals surface area contributed by atoms with Crippen LogP contribution >= 0.6 is 23.2 Å². The standard InChI is InChI=1S/C37H30Cl2O4/c38-30-7-3-24(4-8-30)26-16-28(20-32(40)18-26)34-14-22(1-11-36(34)42)13-23-2-12-37(43)35(15-23)29-17-27(19-33(41)21-29)25-5-9-31(39)10-6-25/h1-12,14-15,18-19,28-29,42-43H,13,16-17,20-21H2. The van der Waals surface area contributed by atoms with Crippen molar-refractivity contribution in [1.82, 2.24) is 0 Å². The van der Waals surface area contributed by atoms with Crippen molar-refractivity contribution in [2.75, 3.05) is 0 Å². The normalized spacial score (nSPS) is 18.7. The number of phenols is 2. The van der Waals surface area contributed by atoms with Crippen LogP contribution < -0.4 is 0 Å². The van der Waals surface area contributed by atoms with E-state index in [9.17, 15) is 19.8 Å². The van der Waals surface area contributed by atoms with Gasteiger partial charge in [0.15, 0.2) is 11.6 Å². The molecule has 0 saturated heterocycles. The van der Waals surface area contributed by atoms with Crippen molar-refractivity contribution in [3.05, 3.63) is 141 Å². The van der Waals surface area contributed by atoms with Crippen molar-refractivity contribution in [2.45, 2.75) is 43.9 Å². The van der Waals surface area contributed by atoms with Crippen LogP contribution in [0.4, 0.5) is 0 Å². The molecule has 0 amide bonds. The van der Waals surface area contributed by atoms with Crippen LogP contribution in [-0.4, -0.2) is 21.8 Å². The van der Waals surface area contributed by atoms with E-state index in [0.717, 1.165) is 44.5 Å². The average Bonchev–Trinajstić information content (AvgIpc) is 2.99. The van der Waals surface area contributed by atoms with Crippen molar-refractivity contribution >= 4 is 45.9 Å². The highest BCUT2D eigenvalue weighted by Gasteiger charge is 2.27. The molecule has 2 unspecified atom stereocenters. The molecule has 2 aliphatic rings. The lowest BCUT2D eigenvalue weighted by Crippen LogP contribution is -2.13. The van der Waals surface area contributed by atoms with Crippen molar-refractivity contribution in [1.29, 1.82) is 0 Å². The Balaban J connectivity index is 1.23. The first-order valence-corrected chi connectivity index (χ1v) is 15.1. The molecular weight excluding hydrogens is 579 g/mol. The van der Waals surface area contributed by atoms with E-state index in [2.05, 4.69) is 0 Å². The fourth-order valence-electron chi connectivity index (χ4n) is 6.27. The first kappa shape index (κ1) is 29.0. The van der Waals surface area contributed by atoms with Gasteiger partial charge >= 0.3 is 0 Å². The number of benzene rings is 4. The third-order valence-corrected chi connectivity index (χ3v) is 8.90. The topological polar surface area (TPSA) is 74.6 Å². The second kappa shape index (κ2) is 12.2. The lowest BCUT2D eigenvalue weighted by molar-refractivity contribution is -0.116.